The van der Waals surface area contributed by atoms with Crippen molar-refractivity contribution >= 4 is 22.9 Å². The molecule has 5 nitrogen and oxygen atoms in total. The van der Waals surface area contributed by atoms with E-state index < -0.39 is 0 Å². The van der Waals surface area contributed by atoms with Crippen molar-refractivity contribution in [1.29, 1.82) is 0 Å². The van der Waals surface area contributed by atoms with Crippen molar-refractivity contribution in [2.75, 3.05) is 12.1 Å². The summed E-state index contributed by atoms with van der Waals surface area (Å²) in [6.07, 6.45) is 0.221. The summed E-state index contributed by atoms with van der Waals surface area (Å²) in [7, 11) is 0. The number of rotatable bonds is 4. The number of fused-ring (bicyclic) bond motifs is 1. The average Bonchev–Trinajstić information content (AvgIpc) is 3.22. The number of amides is 1. The molecule has 0 spiro atoms. The van der Waals surface area contributed by atoms with Crippen molar-refractivity contribution < 1.29 is 18.7 Å². The number of hydrogen-bond acceptors (Lipinski definition) is 5. The number of anilines is 1. The van der Waals surface area contributed by atoms with Gasteiger partial charge in [0.1, 0.15) is 10.8 Å². The van der Waals surface area contributed by atoms with E-state index in [4.69, 9.17) is 9.47 Å². The third-order valence-corrected chi connectivity index (χ3v) is 5.17. The van der Waals surface area contributed by atoms with Crippen LogP contribution in [0.3, 0.4) is 0 Å². The van der Waals surface area contributed by atoms with Crippen LogP contribution in [0.15, 0.2) is 42.5 Å². The van der Waals surface area contributed by atoms with Gasteiger partial charge in [-0.3, -0.25) is 4.79 Å². The van der Waals surface area contributed by atoms with Crippen LogP contribution in [0.1, 0.15) is 10.6 Å². The third-order valence-electron chi connectivity index (χ3n) is 3.96. The molecule has 1 aliphatic heterocycles. The van der Waals surface area contributed by atoms with E-state index in [2.05, 4.69) is 10.3 Å². The Morgan fingerprint density at radius 3 is 2.77 bits per heavy atom. The Labute approximate surface area is 153 Å². The summed E-state index contributed by atoms with van der Waals surface area (Å²) in [4.78, 5) is 17.7. The van der Waals surface area contributed by atoms with Crippen molar-refractivity contribution in [3.05, 3.63) is 58.9 Å². The summed E-state index contributed by atoms with van der Waals surface area (Å²) in [6, 6.07) is 11.4. The maximum Gasteiger partial charge on any atom is 0.231 e. The number of nitrogens with one attached hydrogen (secondary N) is 1. The molecule has 0 saturated carbocycles. The van der Waals surface area contributed by atoms with Crippen LogP contribution >= 0.6 is 11.3 Å². The number of nitrogens with zero attached hydrogens (tertiary/aromatic N) is 1. The highest BCUT2D eigenvalue weighted by Gasteiger charge is 2.16. The van der Waals surface area contributed by atoms with E-state index in [1.807, 2.05) is 6.92 Å². The molecule has 0 atom stereocenters. The Balaban J connectivity index is 1.47. The fourth-order valence-electron chi connectivity index (χ4n) is 2.63. The Morgan fingerprint density at radius 2 is 1.96 bits per heavy atom. The standard InChI is InChI=1S/C19H15FN2O3S/c1-11-17(26-19(21-11)12-2-4-13(20)5-3-12)9-18(23)22-14-6-7-15-16(8-14)25-10-24-15/h2-8H,9-10H2,1H3,(H,22,23). The molecular formula is C19H15FN2O3S. The highest BCUT2D eigenvalue weighted by molar-refractivity contribution is 7.15. The second-order valence-electron chi connectivity index (χ2n) is 5.83. The molecule has 7 heteroatoms. The minimum atomic E-state index is -0.287. The van der Waals surface area contributed by atoms with Gasteiger partial charge in [0.2, 0.25) is 12.7 Å². The van der Waals surface area contributed by atoms with E-state index in [9.17, 15) is 9.18 Å². The maximum absolute atomic E-state index is 13.1. The van der Waals surface area contributed by atoms with E-state index in [0.717, 1.165) is 21.1 Å². The summed E-state index contributed by atoms with van der Waals surface area (Å²) in [6.45, 7) is 2.06. The van der Waals surface area contributed by atoms with Crippen molar-refractivity contribution in [1.82, 2.24) is 4.98 Å². The van der Waals surface area contributed by atoms with Gasteiger partial charge >= 0.3 is 0 Å². The van der Waals surface area contributed by atoms with Gasteiger partial charge in [0.25, 0.3) is 0 Å². The lowest BCUT2D eigenvalue weighted by atomic mass is 10.2. The highest BCUT2D eigenvalue weighted by atomic mass is 32.1. The average molecular weight is 370 g/mol. The van der Waals surface area contributed by atoms with E-state index in [1.165, 1.54) is 23.5 Å². The molecule has 0 unspecified atom stereocenters. The van der Waals surface area contributed by atoms with E-state index in [1.54, 1.807) is 30.3 Å². The lowest BCUT2D eigenvalue weighted by Gasteiger charge is -2.05. The van der Waals surface area contributed by atoms with E-state index in [0.29, 0.717) is 17.2 Å². The first-order valence-corrected chi connectivity index (χ1v) is 8.82. The van der Waals surface area contributed by atoms with Crippen LogP contribution in [0.5, 0.6) is 11.5 Å². The van der Waals surface area contributed by atoms with Crippen LogP contribution in [0.25, 0.3) is 10.6 Å². The molecule has 3 aromatic rings. The molecule has 4 rings (SSSR count). The molecule has 132 valence electrons. The lowest BCUT2D eigenvalue weighted by molar-refractivity contribution is -0.115. The van der Waals surface area contributed by atoms with Crippen molar-refractivity contribution in [3.8, 4) is 22.1 Å². The number of aryl methyl sites for hydroxylation is 1. The van der Waals surface area contributed by atoms with Gasteiger partial charge < -0.3 is 14.8 Å². The first-order valence-electron chi connectivity index (χ1n) is 8.00. The van der Waals surface area contributed by atoms with Gasteiger partial charge in [0, 0.05) is 22.2 Å². The molecule has 0 saturated heterocycles. The first kappa shape index (κ1) is 16.5. The number of carbonyl (C=O) groups is 1. The van der Waals surface area contributed by atoms with Crippen molar-refractivity contribution in [2.24, 2.45) is 0 Å². The fraction of sp³-hybridized carbons (Fsp3) is 0.158. The number of ether oxygens (including phenoxy) is 2. The van der Waals surface area contributed by atoms with Crippen LogP contribution in [0, 0.1) is 12.7 Å². The third kappa shape index (κ3) is 3.39. The molecule has 26 heavy (non-hydrogen) atoms. The summed E-state index contributed by atoms with van der Waals surface area (Å²) < 4.78 is 23.6. The van der Waals surface area contributed by atoms with Gasteiger partial charge in [0.05, 0.1) is 12.1 Å². The SMILES string of the molecule is Cc1nc(-c2ccc(F)cc2)sc1CC(=O)Nc1ccc2c(c1)OCO2. The molecule has 2 aromatic carbocycles. The fourth-order valence-corrected chi connectivity index (χ4v) is 3.70. The zero-order chi connectivity index (χ0) is 18.1. The number of benzene rings is 2. The zero-order valence-corrected chi connectivity index (χ0v) is 14.7. The van der Waals surface area contributed by atoms with Gasteiger partial charge in [-0.15, -0.1) is 11.3 Å². The number of aromatic nitrogens is 1. The summed E-state index contributed by atoms with van der Waals surface area (Å²) in [5.74, 6) is 0.868. The van der Waals surface area contributed by atoms with Crippen LogP contribution in [-0.4, -0.2) is 17.7 Å². The van der Waals surface area contributed by atoms with Gasteiger partial charge in [-0.2, -0.15) is 0 Å². The second kappa shape index (κ2) is 6.76. The minimum absolute atomic E-state index is 0.138. The Bertz CT molecular complexity index is 969. The first-order chi connectivity index (χ1) is 12.6. The summed E-state index contributed by atoms with van der Waals surface area (Å²) in [5, 5.41) is 3.63. The molecule has 0 aliphatic carbocycles. The molecule has 1 aliphatic rings. The Kier molecular flexibility index (Phi) is 4.30. The second-order valence-corrected chi connectivity index (χ2v) is 6.91. The highest BCUT2D eigenvalue weighted by Crippen LogP contribution is 2.34. The molecule has 1 N–H and O–H groups in total. The monoisotopic (exact) mass is 370 g/mol. The zero-order valence-electron chi connectivity index (χ0n) is 13.9. The summed E-state index contributed by atoms with van der Waals surface area (Å²) in [5.41, 5.74) is 2.29. The number of carbonyl (C=O) groups excluding carboxylic acids is 1. The quantitative estimate of drug-likeness (QED) is 0.749. The largest absolute Gasteiger partial charge is 0.454 e. The molecule has 1 amide bonds. The van der Waals surface area contributed by atoms with Crippen LogP contribution in [0.2, 0.25) is 0 Å². The molecular weight excluding hydrogens is 355 g/mol. The smallest absolute Gasteiger partial charge is 0.231 e. The lowest BCUT2D eigenvalue weighted by Crippen LogP contribution is -2.14. The topological polar surface area (TPSA) is 60.5 Å². The van der Waals surface area contributed by atoms with Gasteiger partial charge in [0.15, 0.2) is 11.5 Å². The minimum Gasteiger partial charge on any atom is -0.454 e. The molecule has 1 aromatic heterocycles. The van der Waals surface area contributed by atoms with Gasteiger partial charge in [-0.05, 0) is 43.3 Å². The molecule has 2 heterocycles. The number of hydrogen-bond donors (Lipinski definition) is 1. The predicted octanol–water partition coefficient (Wildman–Crippen LogP) is 4.17. The van der Waals surface area contributed by atoms with E-state index >= 15 is 0 Å². The molecule has 0 bridgehead atoms. The summed E-state index contributed by atoms with van der Waals surface area (Å²) >= 11 is 1.44. The predicted molar refractivity (Wildman–Crippen MR) is 97.1 cm³/mol. The normalized spacial score (nSPS) is 12.2. The van der Waals surface area contributed by atoms with Crippen molar-refractivity contribution in [3.63, 3.8) is 0 Å². The molecule has 0 radical (unpaired) electrons. The Morgan fingerprint density at radius 1 is 1.19 bits per heavy atom. The van der Waals surface area contributed by atoms with Crippen LogP contribution in [-0.2, 0) is 11.2 Å². The number of thiazole rings is 1. The Hall–Kier alpha value is -2.93. The van der Waals surface area contributed by atoms with Crippen LogP contribution < -0.4 is 14.8 Å². The van der Waals surface area contributed by atoms with Crippen LogP contribution in [0.4, 0.5) is 10.1 Å². The number of halogens is 1. The van der Waals surface area contributed by atoms with Gasteiger partial charge in [-0.1, -0.05) is 0 Å². The van der Waals surface area contributed by atoms with E-state index in [-0.39, 0.29) is 24.9 Å². The maximum atomic E-state index is 13.1. The van der Waals surface area contributed by atoms with Gasteiger partial charge in [-0.25, -0.2) is 9.37 Å². The van der Waals surface area contributed by atoms with Crippen molar-refractivity contribution in [2.45, 2.75) is 13.3 Å². The molecule has 0 fully saturated rings.